The maximum Gasteiger partial charge on any atom is 0.261 e. The summed E-state index contributed by atoms with van der Waals surface area (Å²) in [6, 6.07) is 12.0. The van der Waals surface area contributed by atoms with Crippen LogP contribution in [0.15, 0.2) is 65.8 Å². The average molecular weight is 490 g/mol. The molecule has 1 N–H and O–H groups in total. The van der Waals surface area contributed by atoms with Crippen molar-refractivity contribution in [1.29, 1.82) is 0 Å². The molecule has 4 nitrogen and oxygen atoms in total. The summed E-state index contributed by atoms with van der Waals surface area (Å²) in [5.41, 5.74) is 3.99. The van der Waals surface area contributed by atoms with Gasteiger partial charge in [-0.25, -0.2) is 0 Å². The van der Waals surface area contributed by atoms with Crippen molar-refractivity contribution in [3.05, 3.63) is 83.2 Å². The summed E-state index contributed by atoms with van der Waals surface area (Å²) < 4.78 is 11.2. The first-order chi connectivity index (χ1) is 16.6. The van der Waals surface area contributed by atoms with Gasteiger partial charge in [-0.3, -0.25) is 4.79 Å². The molecule has 4 rings (SSSR count). The van der Waals surface area contributed by atoms with E-state index in [2.05, 4.69) is 51.7 Å². The summed E-state index contributed by atoms with van der Waals surface area (Å²) in [5.74, 6) is 1.50. The van der Waals surface area contributed by atoms with Crippen molar-refractivity contribution >= 4 is 23.3 Å². The van der Waals surface area contributed by atoms with Crippen LogP contribution in [0.1, 0.15) is 73.5 Å². The van der Waals surface area contributed by atoms with Crippen molar-refractivity contribution in [2.45, 2.75) is 63.8 Å². The molecule has 0 bridgehead atoms. The van der Waals surface area contributed by atoms with Crippen molar-refractivity contribution in [3.63, 3.8) is 0 Å². The highest BCUT2D eigenvalue weighted by Gasteiger charge is 2.38. The first-order valence-electron chi connectivity index (χ1n) is 12.1. The van der Waals surface area contributed by atoms with Gasteiger partial charge >= 0.3 is 0 Å². The van der Waals surface area contributed by atoms with Gasteiger partial charge in [-0.05, 0) is 83.7 Å². The Bertz CT molecular complexity index is 1230. The van der Waals surface area contributed by atoms with Gasteiger partial charge in [0.05, 0.1) is 24.3 Å². The van der Waals surface area contributed by atoms with Gasteiger partial charge in [0, 0.05) is 10.4 Å². The molecule has 3 aromatic rings. The first-order valence-corrected chi connectivity index (χ1v) is 12.9. The summed E-state index contributed by atoms with van der Waals surface area (Å²) in [4.78, 5) is 14.8. The lowest BCUT2D eigenvalue weighted by atomic mass is 9.63. The smallest absolute Gasteiger partial charge is 0.261 e. The highest BCUT2D eigenvalue weighted by atomic mass is 32.1. The molecule has 0 saturated heterocycles. The lowest BCUT2D eigenvalue weighted by molar-refractivity contribution is 0.0949. The van der Waals surface area contributed by atoms with Gasteiger partial charge in [0.15, 0.2) is 0 Å². The second-order valence-electron chi connectivity index (χ2n) is 10.5. The first kappa shape index (κ1) is 25.1. The molecule has 1 unspecified atom stereocenters. The number of methoxy groups -OCH3 is 1. The Morgan fingerprint density at radius 2 is 1.89 bits per heavy atom. The van der Waals surface area contributed by atoms with Gasteiger partial charge < -0.3 is 14.5 Å². The van der Waals surface area contributed by atoms with Crippen LogP contribution in [0.2, 0.25) is 0 Å². The number of carbonyl (C=O) groups excluding carboxylic acids is 1. The van der Waals surface area contributed by atoms with E-state index in [0.29, 0.717) is 11.3 Å². The molecule has 1 aromatic carbocycles. The van der Waals surface area contributed by atoms with Crippen molar-refractivity contribution in [1.82, 2.24) is 5.32 Å². The summed E-state index contributed by atoms with van der Waals surface area (Å²) in [5, 5.41) is 3.10. The number of nitrogens with one attached hydrogen (secondary N) is 1. The van der Waals surface area contributed by atoms with E-state index in [-0.39, 0.29) is 22.8 Å². The standard InChI is InChI=1S/C30H35NO3S/c1-7-9-20(11-12-21-10-8-17-34-21)31-28(32)27-14-13-26(35-27)22-18-23-24(19-25(22)33-6)30(4,5)16-15-29(23,2)3/h7-8,10-14,17-20H,1,9,15-16H2,2-6H3,(H,31,32). The minimum atomic E-state index is -0.169. The third-order valence-electron chi connectivity index (χ3n) is 7.04. The van der Waals surface area contributed by atoms with Crippen LogP contribution in [-0.4, -0.2) is 19.1 Å². The van der Waals surface area contributed by atoms with Crippen LogP contribution in [0.4, 0.5) is 0 Å². The summed E-state index contributed by atoms with van der Waals surface area (Å²) in [7, 11) is 1.72. The molecule has 0 saturated carbocycles. The molecule has 0 fully saturated rings. The Morgan fingerprint density at radius 3 is 2.51 bits per heavy atom. The van der Waals surface area contributed by atoms with Crippen molar-refractivity contribution in [3.8, 4) is 16.2 Å². The molecule has 5 heteroatoms. The molecule has 1 amide bonds. The fourth-order valence-corrected chi connectivity index (χ4v) is 5.69. The van der Waals surface area contributed by atoms with Crippen LogP contribution in [0.3, 0.4) is 0 Å². The van der Waals surface area contributed by atoms with E-state index in [4.69, 9.17) is 9.15 Å². The molecule has 184 valence electrons. The van der Waals surface area contributed by atoms with Gasteiger partial charge in [-0.2, -0.15) is 0 Å². The van der Waals surface area contributed by atoms with Crippen LogP contribution in [0.5, 0.6) is 5.75 Å². The molecule has 1 aliphatic rings. The Balaban J connectivity index is 1.61. The number of hydrogen-bond donors (Lipinski definition) is 1. The van der Waals surface area contributed by atoms with Crippen LogP contribution < -0.4 is 10.1 Å². The lowest BCUT2D eigenvalue weighted by Crippen LogP contribution is -2.33. The Labute approximate surface area is 212 Å². The maximum absolute atomic E-state index is 13.1. The van der Waals surface area contributed by atoms with Crippen LogP contribution in [-0.2, 0) is 10.8 Å². The molecular formula is C30H35NO3S. The van der Waals surface area contributed by atoms with Crippen molar-refractivity contribution in [2.75, 3.05) is 7.11 Å². The highest BCUT2D eigenvalue weighted by molar-refractivity contribution is 7.17. The minimum absolute atomic E-state index is 0.0988. The van der Waals surface area contributed by atoms with Crippen LogP contribution in [0.25, 0.3) is 16.5 Å². The fourth-order valence-electron chi connectivity index (χ4n) is 4.76. The van der Waals surface area contributed by atoms with E-state index in [1.54, 1.807) is 19.4 Å². The molecule has 2 aromatic heterocycles. The fraction of sp³-hybridized carbons (Fsp3) is 0.367. The number of amides is 1. The molecule has 0 aliphatic heterocycles. The van der Waals surface area contributed by atoms with Crippen molar-refractivity contribution in [2.24, 2.45) is 0 Å². The normalized spacial score (nSPS) is 17.1. The number of furan rings is 1. The predicted octanol–water partition coefficient (Wildman–Crippen LogP) is 7.75. The van der Waals surface area contributed by atoms with Gasteiger partial charge in [-0.1, -0.05) is 39.8 Å². The molecular weight excluding hydrogens is 454 g/mol. The molecule has 35 heavy (non-hydrogen) atoms. The molecule has 1 aliphatic carbocycles. The van der Waals surface area contributed by atoms with E-state index in [1.807, 2.05) is 36.4 Å². The third-order valence-corrected chi connectivity index (χ3v) is 8.16. The zero-order chi connectivity index (χ0) is 25.2. The zero-order valence-electron chi connectivity index (χ0n) is 21.3. The van der Waals surface area contributed by atoms with Crippen LogP contribution >= 0.6 is 11.3 Å². The number of thiophene rings is 1. The summed E-state index contributed by atoms with van der Waals surface area (Å²) in [6.45, 7) is 13.1. The number of carbonyl (C=O) groups is 1. The van der Waals surface area contributed by atoms with Gasteiger partial charge in [0.2, 0.25) is 0 Å². The second kappa shape index (κ2) is 9.90. The molecule has 0 radical (unpaired) electrons. The van der Waals surface area contributed by atoms with E-state index in [9.17, 15) is 4.79 Å². The predicted molar refractivity (Wildman–Crippen MR) is 145 cm³/mol. The number of fused-ring (bicyclic) bond motifs is 1. The molecule has 1 atom stereocenters. The Morgan fingerprint density at radius 1 is 1.17 bits per heavy atom. The topological polar surface area (TPSA) is 51.5 Å². The quantitative estimate of drug-likeness (QED) is 0.329. The SMILES string of the molecule is C=CCC(C=Cc1ccco1)NC(=O)c1ccc(-c2cc3c(cc2OC)C(C)(C)CCC3(C)C)s1. The van der Waals surface area contributed by atoms with E-state index >= 15 is 0 Å². The monoisotopic (exact) mass is 489 g/mol. The number of rotatable bonds is 8. The van der Waals surface area contributed by atoms with Crippen molar-refractivity contribution < 1.29 is 13.9 Å². The van der Waals surface area contributed by atoms with Gasteiger partial charge in [0.1, 0.15) is 11.5 Å². The molecule has 2 heterocycles. The zero-order valence-corrected chi connectivity index (χ0v) is 22.1. The number of ether oxygens (including phenoxy) is 1. The van der Waals surface area contributed by atoms with Crippen LogP contribution in [0, 0.1) is 0 Å². The summed E-state index contributed by atoms with van der Waals surface area (Å²) in [6.07, 6.45) is 10.2. The van der Waals surface area contributed by atoms with E-state index < -0.39 is 0 Å². The largest absolute Gasteiger partial charge is 0.496 e. The minimum Gasteiger partial charge on any atom is -0.496 e. The molecule has 0 spiro atoms. The van der Waals surface area contributed by atoms with Gasteiger partial charge in [0.25, 0.3) is 5.91 Å². The third kappa shape index (κ3) is 5.30. The maximum atomic E-state index is 13.1. The van der Waals surface area contributed by atoms with Gasteiger partial charge in [-0.15, -0.1) is 17.9 Å². The van der Waals surface area contributed by atoms with E-state index in [0.717, 1.165) is 34.8 Å². The Hall–Kier alpha value is -3.05. The Kier molecular flexibility index (Phi) is 7.09. The highest BCUT2D eigenvalue weighted by Crippen LogP contribution is 2.49. The van der Waals surface area contributed by atoms with E-state index in [1.165, 1.54) is 22.5 Å². The second-order valence-corrected chi connectivity index (χ2v) is 11.6. The number of benzene rings is 1. The number of hydrogen-bond acceptors (Lipinski definition) is 4. The lowest BCUT2D eigenvalue weighted by Gasteiger charge is -2.42. The summed E-state index contributed by atoms with van der Waals surface area (Å²) >= 11 is 1.49. The average Bonchev–Trinajstić information content (AvgIpc) is 3.52.